The monoisotopic (exact) mass is 310 g/mol. The first kappa shape index (κ1) is 14.9. The Kier molecular flexibility index (Phi) is 4.18. The summed E-state index contributed by atoms with van der Waals surface area (Å²) in [5.41, 5.74) is -0.211. The Labute approximate surface area is 120 Å². The molecule has 8 heteroatoms. The van der Waals surface area contributed by atoms with Gasteiger partial charge in [-0.25, -0.2) is 22.6 Å². The Morgan fingerprint density at radius 3 is 2.67 bits per heavy atom. The second kappa shape index (κ2) is 5.88. The zero-order valence-corrected chi connectivity index (χ0v) is 11.5. The van der Waals surface area contributed by atoms with Crippen LogP contribution in [-0.4, -0.2) is 24.5 Å². The van der Waals surface area contributed by atoms with Gasteiger partial charge in [-0.1, -0.05) is 18.2 Å². The summed E-state index contributed by atoms with van der Waals surface area (Å²) in [6.45, 7) is 0. The zero-order valence-electron chi connectivity index (χ0n) is 10.7. The fourth-order valence-corrected chi connectivity index (χ4v) is 2.85. The Balaban J connectivity index is 2.20. The van der Waals surface area contributed by atoms with Gasteiger partial charge in [0.05, 0.1) is 11.4 Å². The Morgan fingerprint density at radius 1 is 1.29 bits per heavy atom. The van der Waals surface area contributed by atoms with Crippen LogP contribution in [0.25, 0.3) is 0 Å². The van der Waals surface area contributed by atoms with Crippen LogP contribution < -0.4 is 4.72 Å². The van der Waals surface area contributed by atoms with Crippen LogP contribution in [0.15, 0.2) is 42.6 Å². The van der Waals surface area contributed by atoms with E-state index < -0.39 is 27.6 Å². The fourth-order valence-electron chi connectivity index (χ4n) is 1.65. The highest BCUT2D eigenvalue weighted by molar-refractivity contribution is 7.91. The molecule has 0 spiro atoms. The lowest BCUT2D eigenvalue weighted by Crippen LogP contribution is -2.16. The SMILES string of the molecule is O=C(O)c1cc(NS(=O)(=O)Cc2ccccc2F)ccn1. The maximum Gasteiger partial charge on any atom is 0.354 e. The summed E-state index contributed by atoms with van der Waals surface area (Å²) in [6, 6.07) is 7.92. The van der Waals surface area contributed by atoms with Crippen LogP contribution in [-0.2, 0) is 15.8 Å². The van der Waals surface area contributed by atoms with Crippen LogP contribution in [0, 0.1) is 5.82 Å². The molecule has 21 heavy (non-hydrogen) atoms. The molecule has 6 nitrogen and oxygen atoms in total. The van der Waals surface area contributed by atoms with Crippen LogP contribution in [0.5, 0.6) is 0 Å². The van der Waals surface area contributed by atoms with Crippen molar-refractivity contribution in [1.82, 2.24) is 4.98 Å². The summed E-state index contributed by atoms with van der Waals surface area (Å²) < 4.78 is 39.6. The minimum Gasteiger partial charge on any atom is -0.477 e. The molecule has 0 amide bonds. The molecule has 2 rings (SSSR count). The largest absolute Gasteiger partial charge is 0.477 e. The Morgan fingerprint density at radius 2 is 2.00 bits per heavy atom. The van der Waals surface area contributed by atoms with Gasteiger partial charge in [0.15, 0.2) is 0 Å². The lowest BCUT2D eigenvalue weighted by Gasteiger charge is -2.09. The Bertz CT molecular complexity index is 777. The van der Waals surface area contributed by atoms with Crippen molar-refractivity contribution in [2.24, 2.45) is 0 Å². The van der Waals surface area contributed by atoms with E-state index in [0.717, 1.165) is 6.07 Å². The van der Waals surface area contributed by atoms with Crippen LogP contribution in [0.2, 0.25) is 0 Å². The summed E-state index contributed by atoms with van der Waals surface area (Å²) in [7, 11) is -3.86. The lowest BCUT2D eigenvalue weighted by molar-refractivity contribution is 0.0690. The fraction of sp³-hybridized carbons (Fsp3) is 0.0769. The van der Waals surface area contributed by atoms with Gasteiger partial charge < -0.3 is 5.11 Å². The first-order chi connectivity index (χ1) is 9.87. The molecule has 0 aliphatic carbocycles. The third kappa shape index (κ3) is 3.99. The minimum absolute atomic E-state index is 0.0255. The van der Waals surface area contributed by atoms with Crippen molar-refractivity contribution in [3.63, 3.8) is 0 Å². The summed E-state index contributed by atoms with van der Waals surface area (Å²) in [4.78, 5) is 14.3. The highest BCUT2D eigenvalue weighted by Crippen LogP contribution is 2.15. The van der Waals surface area contributed by atoms with E-state index in [4.69, 9.17) is 5.11 Å². The van der Waals surface area contributed by atoms with Gasteiger partial charge in [0.25, 0.3) is 0 Å². The van der Waals surface area contributed by atoms with Gasteiger partial charge in [0.2, 0.25) is 10.0 Å². The van der Waals surface area contributed by atoms with Crippen LogP contribution in [0.3, 0.4) is 0 Å². The molecule has 0 fully saturated rings. The topological polar surface area (TPSA) is 96.4 Å². The molecule has 0 unspecified atom stereocenters. The quantitative estimate of drug-likeness (QED) is 0.878. The molecule has 0 saturated carbocycles. The molecule has 2 N–H and O–H groups in total. The first-order valence-corrected chi connectivity index (χ1v) is 7.46. The number of nitrogens with zero attached hydrogens (tertiary/aromatic N) is 1. The summed E-state index contributed by atoms with van der Waals surface area (Å²) in [5, 5.41) is 8.79. The average Bonchev–Trinajstić information content (AvgIpc) is 2.41. The smallest absolute Gasteiger partial charge is 0.354 e. The number of carboxylic acid groups (broad SMARTS) is 1. The van der Waals surface area contributed by atoms with E-state index in [0.29, 0.717) is 0 Å². The normalized spacial score (nSPS) is 11.1. The van der Waals surface area contributed by atoms with Gasteiger partial charge >= 0.3 is 5.97 Å². The van der Waals surface area contributed by atoms with Crippen molar-refractivity contribution in [3.8, 4) is 0 Å². The molecular weight excluding hydrogens is 299 g/mol. The van der Waals surface area contributed by atoms with Crippen molar-refractivity contribution in [2.75, 3.05) is 4.72 Å². The molecule has 0 aliphatic heterocycles. The minimum atomic E-state index is -3.86. The predicted octanol–water partition coefficient (Wildman–Crippen LogP) is 1.86. The number of benzene rings is 1. The van der Waals surface area contributed by atoms with Crippen molar-refractivity contribution in [1.29, 1.82) is 0 Å². The molecule has 0 aliphatic rings. The van der Waals surface area contributed by atoms with E-state index >= 15 is 0 Å². The number of aromatic carboxylic acids is 1. The van der Waals surface area contributed by atoms with Crippen LogP contribution in [0.4, 0.5) is 10.1 Å². The third-order valence-electron chi connectivity index (χ3n) is 2.56. The van der Waals surface area contributed by atoms with E-state index in [9.17, 15) is 17.6 Å². The number of rotatable bonds is 5. The molecule has 1 aromatic heterocycles. The number of hydrogen-bond acceptors (Lipinski definition) is 4. The number of pyridine rings is 1. The number of hydrogen-bond donors (Lipinski definition) is 2. The van der Waals surface area contributed by atoms with Crippen molar-refractivity contribution in [3.05, 3.63) is 59.7 Å². The highest BCUT2D eigenvalue weighted by Gasteiger charge is 2.15. The Hall–Kier alpha value is -2.48. The molecule has 1 aromatic carbocycles. The molecule has 0 radical (unpaired) electrons. The predicted molar refractivity (Wildman–Crippen MR) is 73.8 cm³/mol. The van der Waals surface area contributed by atoms with Crippen molar-refractivity contribution >= 4 is 21.7 Å². The number of carboxylic acids is 1. The number of nitrogens with one attached hydrogen (secondary N) is 1. The van der Waals surface area contributed by atoms with E-state index in [2.05, 4.69) is 9.71 Å². The number of sulfonamides is 1. The van der Waals surface area contributed by atoms with Gasteiger partial charge in [-0.2, -0.15) is 0 Å². The van der Waals surface area contributed by atoms with Crippen LogP contribution in [0.1, 0.15) is 16.1 Å². The maximum absolute atomic E-state index is 13.4. The molecule has 110 valence electrons. The molecule has 0 saturated heterocycles. The van der Waals surface area contributed by atoms with E-state index in [1.165, 1.54) is 36.5 Å². The lowest BCUT2D eigenvalue weighted by atomic mass is 10.2. The van der Waals surface area contributed by atoms with Crippen LogP contribution >= 0.6 is 0 Å². The zero-order chi connectivity index (χ0) is 15.5. The second-order valence-corrected chi connectivity index (χ2v) is 5.91. The van der Waals surface area contributed by atoms with Gasteiger partial charge in [0.1, 0.15) is 11.5 Å². The summed E-state index contributed by atoms with van der Waals surface area (Å²) >= 11 is 0. The third-order valence-corrected chi connectivity index (χ3v) is 3.79. The van der Waals surface area contributed by atoms with E-state index in [-0.39, 0.29) is 16.9 Å². The van der Waals surface area contributed by atoms with Gasteiger partial charge in [-0.15, -0.1) is 0 Å². The summed E-state index contributed by atoms with van der Waals surface area (Å²) in [5.74, 6) is -2.45. The standard InChI is InChI=1S/C13H11FN2O4S/c14-11-4-2-1-3-9(11)8-21(19,20)16-10-5-6-15-12(7-10)13(17)18/h1-7H,8H2,(H,15,16)(H,17,18). The van der Waals surface area contributed by atoms with Gasteiger partial charge in [-0.3, -0.25) is 4.72 Å². The summed E-state index contributed by atoms with van der Waals surface area (Å²) in [6.07, 6.45) is 1.17. The second-order valence-electron chi connectivity index (χ2n) is 4.19. The maximum atomic E-state index is 13.4. The number of anilines is 1. The van der Waals surface area contributed by atoms with E-state index in [1.54, 1.807) is 0 Å². The van der Waals surface area contributed by atoms with E-state index in [1.807, 2.05) is 0 Å². The highest BCUT2D eigenvalue weighted by atomic mass is 32.2. The molecule has 0 bridgehead atoms. The number of halogens is 1. The molecule has 1 heterocycles. The van der Waals surface area contributed by atoms with Gasteiger partial charge in [-0.05, 0) is 18.2 Å². The van der Waals surface area contributed by atoms with Crippen molar-refractivity contribution in [2.45, 2.75) is 5.75 Å². The molecule has 0 atom stereocenters. The number of aromatic nitrogens is 1. The van der Waals surface area contributed by atoms with Crippen molar-refractivity contribution < 1.29 is 22.7 Å². The molecule has 2 aromatic rings. The molecular formula is C13H11FN2O4S. The number of carbonyl (C=O) groups is 1. The average molecular weight is 310 g/mol. The first-order valence-electron chi connectivity index (χ1n) is 5.80. The van der Waals surface area contributed by atoms with Gasteiger partial charge in [0, 0.05) is 11.8 Å².